The molecular formula is C12H15ClN2O2S. The van der Waals surface area contributed by atoms with Gasteiger partial charge in [-0.15, -0.1) is 0 Å². The summed E-state index contributed by atoms with van der Waals surface area (Å²) >= 11 is 5.95. The average Bonchev–Trinajstić information content (AvgIpc) is 2.67. The van der Waals surface area contributed by atoms with Crippen molar-refractivity contribution in [1.82, 2.24) is 9.71 Å². The number of benzene rings is 1. The van der Waals surface area contributed by atoms with Crippen LogP contribution < -0.4 is 4.72 Å². The number of aromatic amines is 1. The predicted molar refractivity (Wildman–Crippen MR) is 73.5 cm³/mol. The van der Waals surface area contributed by atoms with Gasteiger partial charge in [-0.1, -0.05) is 25.4 Å². The summed E-state index contributed by atoms with van der Waals surface area (Å²) in [6.45, 7) is 4.04. The molecule has 0 aliphatic rings. The number of hydrogen-bond acceptors (Lipinski definition) is 2. The van der Waals surface area contributed by atoms with Crippen LogP contribution in [0.25, 0.3) is 10.9 Å². The molecule has 0 unspecified atom stereocenters. The summed E-state index contributed by atoms with van der Waals surface area (Å²) in [5.74, 6) is 0. The molecule has 0 aliphatic carbocycles. The van der Waals surface area contributed by atoms with E-state index < -0.39 is 10.0 Å². The highest BCUT2D eigenvalue weighted by Gasteiger charge is 2.21. The van der Waals surface area contributed by atoms with Crippen LogP contribution in [0.1, 0.15) is 19.4 Å². The lowest BCUT2D eigenvalue weighted by Gasteiger charge is -2.04. The molecule has 2 rings (SSSR count). The van der Waals surface area contributed by atoms with Crippen molar-refractivity contribution in [1.29, 1.82) is 0 Å². The molecule has 1 aromatic carbocycles. The van der Waals surface area contributed by atoms with E-state index in [1.165, 1.54) is 0 Å². The largest absolute Gasteiger partial charge is 0.344 e. The van der Waals surface area contributed by atoms with Crippen LogP contribution >= 0.6 is 11.6 Å². The van der Waals surface area contributed by atoms with Crippen LogP contribution in [0, 0.1) is 0 Å². The molecule has 0 radical (unpaired) electrons. The maximum atomic E-state index is 12.1. The van der Waals surface area contributed by atoms with Crippen LogP contribution in [0.2, 0.25) is 5.02 Å². The molecule has 2 aromatic rings. The standard InChI is InChI=1S/C12H15ClN2O2S/c1-3-9-10-7-8(13)5-6-11(10)15-12(9)18(16,17)14-4-2/h5-7,14-15H,3-4H2,1-2H3. The van der Waals surface area contributed by atoms with Crippen molar-refractivity contribution in [3.63, 3.8) is 0 Å². The Labute approximate surface area is 111 Å². The first-order valence-corrected chi connectivity index (χ1v) is 7.65. The van der Waals surface area contributed by atoms with Crippen molar-refractivity contribution in [2.75, 3.05) is 6.54 Å². The smallest absolute Gasteiger partial charge is 0.256 e. The van der Waals surface area contributed by atoms with Crippen LogP contribution in [0.3, 0.4) is 0 Å². The van der Waals surface area contributed by atoms with Crippen molar-refractivity contribution in [2.45, 2.75) is 25.3 Å². The van der Waals surface area contributed by atoms with E-state index in [-0.39, 0.29) is 5.03 Å². The van der Waals surface area contributed by atoms with Gasteiger partial charge in [0.1, 0.15) is 0 Å². The highest BCUT2D eigenvalue weighted by Crippen LogP contribution is 2.28. The second-order valence-electron chi connectivity index (χ2n) is 3.98. The minimum atomic E-state index is -3.48. The SMILES string of the molecule is CCNS(=O)(=O)c1[nH]c2ccc(Cl)cc2c1CC. The van der Waals surface area contributed by atoms with Crippen LogP contribution in [-0.4, -0.2) is 19.9 Å². The Bertz CT molecular complexity index is 677. The average molecular weight is 287 g/mol. The number of aryl methyl sites for hydroxylation is 1. The zero-order valence-electron chi connectivity index (χ0n) is 10.2. The van der Waals surface area contributed by atoms with E-state index in [1.807, 2.05) is 6.92 Å². The molecule has 1 heterocycles. The van der Waals surface area contributed by atoms with Crippen molar-refractivity contribution < 1.29 is 8.42 Å². The van der Waals surface area contributed by atoms with E-state index >= 15 is 0 Å². The molecule has 98 valence electrons. The van der Waals surface area contributed by atoms with Gasteiger partial charge in [-0.2, -0.15) is 0 Å². The van der Waals surface area contributed by atoms with E-state index in [4.69, 9.17) is 11.6 Å². The molecule has 0 aliphatic heterocycles. The summed E-state index contributed by atoms with van der Waals surface area (Å²) in [7, 11) is -3.48. The van der Waals surface area contributed by atoms with Crippen LogP contribution in [0.15, 0.2) is 23.2 Å². The van der Waals surface area contributed by atoms with Gasteiger partial charge in [-0.25, -0.2) is 13.1 Å². The number of H-pyrrole nitrogens is 1. The predicted octanol–water partition coefficient (Wildman–Crippen LogP) is 2.68. The Morgan fingerprint density at radius 2 is 2.06 bits per heavy atom. The van der Waals surface area contributed by atoms with Gasteiger partial charge in [0.25, 0.3) is 10.0 Å². The Kier molecular flexibility index (Phi) is 3.66. The molecule has 0 saturated heterocycles. The van der Waals surface area contributed by atoms with Crippen LogP contribution in [-0.2, 0) is 16.4 Å². The van der Waals surface area contributed by atoms with Crippen LogP contribution in [0.5, 0.6) is 0 Å². The fourth-order valence-electron chi connectivity index (χ4n) is 2.04. The van der Waals surface area contributed by atoms with Gasteiger partial charge in [-0.3, -0.25) is 0 Å². The van der Waals surface area contributed by atoms with E-state index in [9.17, 15) is 8.42 Å². The molecule has 18 heavy (non-hydrogen) atoms. The zero-order chi connectivity index (χ0) is 13.3. The second kappa shape index (κ2) is 4.91. The normalized spacial score (nSPS) is 12.2. The van der Waals surface area contributed by atoms with Gasteiger partial charge in [0.15, 0.2) is 5.03 Å². The van der Waals surface area contributed by atoms with E-state index in [0.29, 0.717) is 18.0 Å². The number of sulfonamides is 1. The molecule has 1 aromatic heterocycles. The van der Waals surface area contributed by atoms with Gasteiger partial charge in [0.2, 0.25) is 0 Å². The topological polar surface area (TPSA) is 62.0 Å². The summed E-state index contributed by atoms with van der Waals surface area (Å²) in [5.41, 5.74) is 1.56. The molecule has 0 bridgehead atoms. The lowest BCUT2D eigenvalue weighted by molar-refractivity contribution is 0.580. The number of halogens is 1. The van der Waals surface area contributed by atoms with Crippen LogP contribution in [0.4, 0.5) is 0 Å². The second-order valence-corrected chi connectivity index (χ2v) is 6.12. The number of aromatic nitrogens is 1. The molecular weight excluding hydrogens is 272 g/mol. The molecule has 0 spiro atoms. The van der Waals surface area contributed by atoms with Gasteiger partial charge in [0, 0.05) is 22.5 Å². The molecule has 4 nitrogen and oxygen atoms in total. The van der Waals surface area contributed by atoms with Crippen molar-refractivity contribution in [2.24, 2.45) is 0 Å². The monoisotopic (exact) mass is 286 g/mol. The molecule has 0 saturated carbocycles. The first kappa shape index (κ1) is 13.4. The lowest BCUT2D eigenvalue weighted by atomic mass is 10.1. The fraction of sp³-hybridized carbons (Fsp3) is 0.333. The third kappa shape index (κ3) is 2.25. The molecule has 2 N–H and O–H groups in total. The summed E-state index contributed by atoms with van der Waals surface area (Å²) in [5, 5.41) is 1.70. The Hall–Kier alpha value is -1.04. The number of rotatable bonds is 4. The van der Waals surface area contributed by atoms with Crippen molar-refractivity contribution >= 4 is 32.5 Å². The Morgan fingerprint density at radius 1 is 1.33 bits per heavy atom. The number of hydrogen-bond donors (Lipinski definition) is 2. The third-order valence-corrected chi connectivity index (χ3v) is 4.58. The maximum Gasteiger partial charge on any atom is 0.256 e. The summed E-state index contributed by atoms with van der Waals surface area (Å²) < 4.78 is 26.7. The van der Waals surface area contributed by atoms with Gasteiger partial charge in [-0.05, 0) is 30.2 Å². The summed E-state index contributed by atoms with van der Waals surface area (Å²) in [6.07, 6.45) is 0.625. The molecule has 0 atom stereocenters. The highest BCUT2D eigenvalue weighted by molar-refractivity contribution is 7.89. The van der Waals surface area contributed by atoms with Gasteiger partial charge in [0.05, 0.1) is 0 Å². The zero-order valence-corrected chi connectivity index (χ0v) is 11.8. The highest BCUT2D eigenvalue weighted by atomic mass is 35.5. The first-order chi connectivity index (χ1) is 8.49. The van der Waals surface area contributed by atoms with E-state index in [2.05, 4.69) is 9.71 Å². The fourth-order valence-corrected chi connectivity index (χ4v) is 3.56. The van der Waals surface area contributed by atoms with Crippen molar-refractivity contribution in [3.8, 4) is 0 Å². The van der Waals surface area contributed by atoms with E-state index in [1.54, 1.807) is 25.1 Å². The van der Waals surface area contributed by atoms with E-state index in [0.717, 1.165) is 16.5 Å². The third-order valence-electron chi connectivity index (χ3n) is 2.79. The Morgan fingerprint density at radius 3 is 2.67 bits per heavy atom. The first-order valence-electron chi connectivity index (χ1n) is 5.79. The molecule has 6 heteroatoms. The number of fused-ring (bicyclic) bond motifs is 1. The van der Waals surface area contributed by atoms with Crippen molar-refractivity contribution in [3.05, 3.63) is 28.8 Å². The maximum absolute atomic E-state index is 12.1. The van der Waals surface area contributed by atoms with Gasteiger partial charge >= 0.3 is 0 Å². The molecule has 0 amide bonds. The summed E-state index contributed by atoms with van der Waals surface area (Å²) in [6, 6.07) is 5.32. The van der Waals surface area contributed by atoms with Gasteiger partial charge < -0.3 is 4.98 Å². The minimum Gasteiger partial charge on any atom is -0.344 e. The Balaban J connectivity index is 2.72. The quantitative estimate of drug-likeness (QED) is 0.908. The number of nitrogens with one attached hydrogen (secondary N) is 2. The minimum absolute atomic E-state index is 0.240. The summed E-state index contributed by atoms with van der Waals surface area (Å²) in [4.78, 5) is 2.96. The lowest BCUT2D eigenvalue weighted by Crippen LogP contribution is -2.24. The molecule has 0 fully saturated rings.